The molecule has 2 aliphatic heterocycles. The lowest BCUT2D eigenvalue weighted by Gasteiger charge is -2.42. The predicted octanol–water partition coefficient (Wildman–Crippen LogP) is 4.08. The zero-order chi connectivity index (χ0) is 22.6. The molecule has 5 rings (SSSR count). The first-order valence-electron chi connectivity index (χ1n) is 11.5. The minimum Gasteiger partial charge on any atom is -0.461 e. The maximum atomic E-state index is 13.2. The van der Waals surface area contributed by atoms with Crippen LogP contribution in [0.2, 0.25) is 5.02 Å². The number of nitrogens with zero attached hydrogens (tertiary/aromatic N) is 1. The Balaban J connectivity index is 1.33. The van der Waals surface area contributed by atoms with Crippen LogP contribution in [0.3, 0.4) is 0 Å². The number of anilines is 1. The Labute approximate surface area is 194 Å². The van der Waals surface area contributed by atoms with Crippen LogP contribution in [0.1, 0.15) is 44.6 Å². The van der Waals surface area contributed by atoms with E-state index in [1.54, 1.807) is 24.2 Å². The van der Waals surface area contributed by atoms with Gasteiger partial charge in [0.15, 0.2) is 6.23 Å². The normalized spacial score (nSPS) is 37.9. The topological polar surface area (TPSA) is 71.0 Å². The van der Waals surface area contributed by atoms with Gasteiger partial charge in [-0.05, 0) is 37.7 Å². The van der Waals surface area contributed by atoms with Crippen molar-refractivity contribution in [2.24, 2.45) is 17.8 Å². The molecule has 0 radical (unpaired) electrons. The number of ether oxygens (including phenoxy) is 1. The molecule has 4 aliphatic rings. The second kappa shape index (κ2) is 8.17. The number of carbonyl (C=O) groups excluding carboxylic acids is 1. The van der Waals surface area contributed by atoms with Gasteiger partial charge < -0.3 is 9.84 Å². The van der Waals surface area contributed by atoms with E-state index < -0.39 is 17.9 Å². The van der Waals surface area contributed by atoms with Crippen LogP contribution in [0.15, 0.2) is 42.5 Å². The third-order valence-corrected chi connectivity index (χ3v) is 8.04. The number of para-hydroxylation sites is 1. The summed E-state index contributed by atoms with van der Waals surface area (Å²) in [6.07, 6.45) is 7.77. The number of nitrogens with one attached hydrogen (secondary N) is 1. The predicted molar refractivity (Wildman–Crippen MR) is 123 cm³/mol. The van der Waals surface area contributed by atoms with Gasteiger partial charge in [-0.2, -0.15) is 0 Å². The van der Waals surface area contributed by atoms with Crippen LogP contribution in [0, 0.1) is 17.8 Å². The molecule has 0 bridgehead atoms. The number of rotatable bonds is 3. The molecule has 7 atom stereocenters. The van der Waals surface area contributed by atoms with E-state index in [-0.39, 0.29) is 18.5 Å². The van der Waals surface area contributed by atoms with Crippen molar-refractivity contribution in [2.75, 3.05) is 12.1 Å². The van der Waals surface area contributed by atoms with Crippen molar-refractivity contribution in [3.63, 3.8) is 0 Å². The summed E-state index contributed by atoms with van der Waals surface area (Å²) in [5.74, 6) is 0.805. The number of aliphatic hydroxyl groups is 1. The number of benzene rings is 1. The van der Waals surface area contributed by atoms with E-state index in [1.165, 1.54) is 5.57 Å². The maximum absolute atomic E-state index is 13.2. The summed E-state index contributed by atoms with van der Waals surface area (Å²) in [5.41, 5.74) is 1.13. The molecule has 1 aromatic rings. The fraction of sp³-hybridized carbons (Fsp3) is 0.560. The smallest absolute Gasteiger partial charge is 0.323 e. The van der Waals surface area contributed by atoms with Crippen LogP contribution in [0.5, 0.6) is 0 Å². The zero-order valence-corrected chi connectivity index (χ0v) is 19.3. The maximum Gasteiger partial charge on any atom is 0.323 e. The molecule has 6 nitrogen and oxygen atoms in total. The van der Waals surface area contributed by atoms with E-state index in [0.717, 1.165) is 25.7 Å². The first-order valence-corrected chi connectivity index (χ1v) is 11.9. The molecule has 0 amide bonds. The Hall–Kier alpha value is -1.86. The number of halogens is 1. The molecule has 2 N–H and O–H groups in total. The van der Waals surface area contributed by atoms with Crippen molar-refractivity contribution in [2.45, 2.75) is 63.0 Å². The first-order chi connectivity index (χ1) is 15.3. The third kappa shape index (κ3) is 3.48. The molecule has 1 saturated heterocycles. The minimum absolute atomic E-state index is 0.149. The summed E-state index contributed by atoms with van der Waals surface area (Å²) >= 11 is 6.36. The Morgan fingerprint density at radius 1 is 1.41 bits per heavy atom. The second-order valence-electron chi connectivity index (χ2n) is 9.73. The van der Waals surface area contributed by atoms with Crippen LogP contribution in [-0.4, -0.2) is 36.5 Å². The Morgan fingerprint density at radius 2 is 2.22 bits per heavy atom. The van der Waals surface area contributed by atoms with Gasteiger partial charge in [0, 0.05) is 31.4 Å². The van der Waals surface area contributed by atoms with Gasteiger partial charge in [-0.25, -0.2) is 0 Å². The third-order valence-electron chi connectivity index (χ3n) is 7.73. The highest BCUT2D eigenvalue weighted by molar-refractivity contribution is 6.33. The Morgan fingerprint density at radius 3 is 3.00 bits per heavy atom. The molecule has 172 valence electrons. The number of hydroxylamine groups is 1. The van der Waals surface area contributed by atoms with Crippen molar-refractivity contribution < 1.29 is 19.5 Å². The summed E-state index contributed by atoms with van der Waals surface area (Å²) in [5, 5.41) is 16.7. The van der Waals surface area contributed by atoms with Gasteiger partial charge in [0.2, 0.25) is 0 Å². The summed E-state index contributed by atoms with van der Waals surface area (Å²) in [6, 6.07) is 4.73. The van der Waals surface area contributed by atoms with Crippen molar-refractivity contribution in [3.05, 3.63) is 53.1 Å². The summed E-state index contributed by atoms with van der Waals surface area (Å²) in [7, 11) is 1.74. The largest absolute Gasteiger partial charge is 0.461 e. The van der Waals surface area contributed by atoms with Crippen LogP contribution >= 0.6 is 11.6 Å². The van der Waals surface area contributed by atoms with Gasteiger partial charge in [0.05, 0.1) is 10.7 Å². The van der Waals surface area contributed by atoms with E-state index in [2.05, 4.69) is 31.0 Å². The molecule has 1 saturated carbocycles. The van der Waals surface area contributed by atoms with Crippen LogP contribution in [0.25, 0.3) is 0 Å². The number of hydrogen-bond donors (Lipinski definition) is 2. The van der Waals surface area contributed by atoms with Gasteiger partial charge in [0.1, 0.15) is 17.7 Å². The minimum atomic E-state index is -1.36. The highest BCUT2D eigenvalue weighted by Gasteiger charge is 2.56. The zero-order valence-electron chi connectivity index (χ0n) is 18.6. The van der Waals surface area contributed by atoms with Crippen molar-refractivity contribution in [1.29, 1.82) is 0 Å². The highest BCUT2D eigenvalue weighted by Crippen LogP contribution is 2.48. The van der Waals surface area contributed by atoms with E-state index in [4.69, 9.17) is 21.2 Å². The molecule has 2 fully saturated rings. The summed E-state index contributed by atoms with van der Waals surface area (Å²) in [6.45, 7) is 6.29. The lowest BCUT2D eigenvalue weighted by Crippen LogP contribution is -2.51. The first kappa shape index (κ1) is 22.0. The summed E-state index contributed by atoms with van der Waals surface area (Å²) in [4.78, 5) is 19.1. The number of hydrogen-bond acceptors (Lipinski definition) is 6. The van der Waals surface area contributed by atoms with Gasteiger partial charge in [-0.1, -0.05) is 54.5 Å². The van der Waals surface area contributed by atoms with Gasteiger partial charge >= 0.3 is 5.97 Å². The fourth-order valence-electron chi connectivity index (χ4n) is 6.17. The lowest BCUT2D eigenvalue weighted by molar-refractivity contribution is -0.156. The fourth-order valence-corrected chi connectivity index (χ4v) is 6.46. The molecular formula is C25H31ClN2O4. The van der Waals surface area contributed by atoms with Gasteiger partial charge in [-0.3, -0.25) is 20.0 Å². The Kier molecular flexibility index (Phi) is 5.61. The van der Waals surface area contributed by atoms with Crippen LogP contribution < -0.4 is 10.4 Å². The van der Waals surface area contributed by atoms with E-state index in [0.29, 0.717) is 34.0 Å². The lowest BCUT2D eigenvalue weighted by atomic mass is 9.65. The van der Waals surface area contributed by atoms with Crippen LogP contribution in [0.4, 0.5) is 5.69 Å². The van der Waals surface area contributed by atoms with Crippen LogP contribution in [-0.2, 0) is 20.0 Å². The molecule has 2 heterocycles. The van der Waals surface area contributed by atoms with E-state index in [9.17, 15) is 9.90 Å². The molecule has 4 unspecified atom stereocenters. The summed E-state index contributed by atoms with van der Waals surface area (Å²) < 4.78 is 6.07. The highest BCUT2D eigenvalue weighted by atomic mass is 35.5. The SMILES string of the molecule is C=C(C)C1CCCC2C(OC(=O)[C@@H]3C[C@@]4(O)c5cccc(Cl)c5N(C)O[C@H]4N3)CC=CC12. The molecule has 1 aromatic carbocycles. The van der Waals surface area contributed by atoms with Gasteiger partial charge in [-0.15, -0.1) is 0 Å². The average Bonchev–Trinajstić information content (AvgIpc) is 3.11. The van der Waals surface area contributed by atoms with Crippen molar-refractivity contribution in [3.8, 4) is 0 Å². The Bertz CT molecular complexity index is 965. The van der Waals surface area contributed by atoms with E-state index in [1.807, 2.05) is 6.07 Å². The molecular weight excluding hydrogens is 428 g/mol. The molecule has 0 aromatic heterocycles. The quantitative estimate of drug-likeness (QED) is 0.525. The van der Waals surface area contributed by atoms with Crippen molar-refractivity contribution in [1.82, 2.24) is 5.32 Å². The van der Waals surface area contributed by atoms with Crippen molar-refractivity contribution >= 4 is 23.3 Å². The average molecular weight is 459 g/mol. The standard InChI is InChI=1S/C25H31ClN2O4/c1-14(2)15-7-4-9-17-16(15)8-5-12-21(17)31-23(29)20-13-25(30)18-10-6-11-19(26)22(18)28(3)32-24(25)27-20/h5-6,8,10-11,15-17,20-21,24,27,30H,1,4,7,9,12-13H2,2-3H3/t15?,16?,17?,20-,21?,24+,25+/m0/s1. The molecule has 32 heavy (non-hydrogen) atoms. The number of carbonyl (C=O) groups is 1. The molecule has 2 aliphatic carbocycles. The van der Waals surface area contributed by atoms with Gasteiger partial charge in [0.25, 0.3) is 0 Å². The van der Waals surface area contributed by atoms with E-state index >= 15 is 0 Å². The molecule has 7 heteroatoms. The monoisotopic (exact) mass is 458 g/mol. The number of allylic oxidation sites excluding steroid dienone is 2. The number of esters is 1. The molecule has 0 spiro atoms. The second-order valence-corrected chi connectivity index (χ2v) is 10.1. The number of fused-ring (bicyclic) bond motifs is 4.